The zero-order valence-electron chi connectivity index (χ0n) is 14.4. The van der Waals surface area contributed by atoms with Crippen LogP contribution in [0.15, 0.2) is 24.5 Å². The number of nitrogens with one attached hydrogen (secondary N) is 2. The summed E-state index contributed by atoms with van der Waals surface area (Å²) in [4.78, 5) is 23.5. The molecule has 1 aromatic heterocycles. The van der Waals surface area contributed by atoms with E-state index in [-0.39, 0.29) is 16.6 Å². The fraction of sp³-hybridized carbons (Fsp3) is 0.412. The van der Waals surface area contributed by atoms with Crippen LogP contribution in [0.5, 0.6) is 0 Å². The lowest BCUT2D eigenvalue weighted by molar-refractivity contribution is 0.100. The van der Waals surface area contributed by atoms with E-state index >= 15 is 0 Å². The van der Waals surface area contributed by atoms with Crippen LogP contribution in [-0.4, -0.2) is 26.7 Å². The molecule has 3 amide bonds. The van der Waals surface area contributed by atoms with Gasteiger partial charge in [-0.15, -0.1) is 10.2 Å². The number of hydrogen-bond donors (Lipinski definition) is 3. The number of primary amides is 1. The Kier molecular flexibility index (Phi) is 5.41. The maximum atomic E-state index is 12.3. The molecule has 1 aliphatic rings. The van der Waals surface area contributed by atoms with Crippen LogP contribution in [0.25, 0.3) is 0 Å². The summed E-state index contributed by atoms with van der Waals surface area (Å²) in [5.41, 5.74) is 5.88. The smallest absolute Gasteiger partial charge is 0.319 e. The minimum Gasteiger partial charge on any atom is -0.366 e. The van der Waals surface area contributed by atoms with Crippen molar-refractivity contribution in [1.29, 1.82) is 0 Å². The molecule has 1 aromatic carbocycles. The molecule has 138 valence electrons. The molecule has 0 spiro atoms. The van der Waals surface area contributed by atoms with Crippen LogP contribution in [0.1, 0.15) is 60.9 Å². The topological polar surface area (TPSA) is 115 Å². The molecule has 1 aliphatic carbocycles. The Morgan fingerprint density at radius 3 is 2.73 bits per heavy atom. The predicted molar refractivity (Wildman–Crippen MR) is 98.1 cm³/mol. The SMILES string of the molecule is C[C@H](NC(=O)Nc1ccc(C(N)=O)c(Cl)c1)c1nncn1C1CCCC1. The molecule has 26 heavy (non-hydrogen) atoms. The number of halogens is 1. The van der Waals surface area contributed by atoms with Crippen molar-refractivity contribution in [3.05, 3.63) is 40.9 Å². The molecule has 0 radical (unpaired) electrons. The number of anilines is 1. The fourth-order valence-corrected chi connectivity index (χ4v) is 3.52. The van der Waals surface area contributed by atoms with E-state index < -0.39 is 11.9 Å². The molecule has 2 aromatic rings. The first kappa shape index (κ1) is 18.2. The van der Waals surface area contributed by atoms with Crippen molar-refractivity contribution < 1.29 is 9.59 Å². The van der Waals surface area contributed by atoms with Gasteiger partial charge in [0, 0.05) is 11.7 Å². The molecule has 3 rings (SSSR count). The molecule has 0 unspecified atom stereocenters. The number of benzene rings is 1. The van der Waals surface area contributed by atoms with Crippen molar-refractivity contribution >= 4 is 29.2 Å². The van der Waals surface area contributed by atoms with Crippen LogP contribution in [0, 0.1) is 0 Å². The highest BCUT2D eigenvalue weighted by Gasteiger charge is 2.23. The van der Waals surface area contributed by atoms with Gasteiger partial charge in [0.25, 0.3) is 0 Å². The third kappa shape index (κ3) is 3.96. The highest BCUT2D eigenvalue weighted by Crippen LogP contribution is 2.31. The average molecular weight is 377 g/mol. The zero-order chi connectivity index (χ0) is 18.7. The number of carbonyl (C=O) groups excluding carboxylic acids is 2. The molecule has 4 N–H and O–H groups in total. The number of hydrogen-bond acceptors (Lipinski definition) is 4. The number of nitrogens with zero attached hydrogens (tertiary/aromatic N) is 3. The fourth-order valence-electron chi connectivity index (χ4n) is 3.25. The molecule has 1 saturated carbocycles. The van der Waals surface area contributed by atoms with Gasteiger partial charge in [-0.2, -0.15) is 0 Å². The molecule has 8 nitrogen and oxygen atoms in total. The van der Waals surface area contributed by atoms with Gasteiger partial charge in [0.15, 0.2) is 5.82 Å². The van der Waals surface area contributed by atoms with Crippen molar-refractivity contribution in [2.24, 2.45) is 5.73 Å². The second-order valence-corrected chi connectivity index (χ2v) is 6.82. The lowest BCUT2D eigenvalue weighted by Gasteiger charge is -2.19. The zero-order valence-corrected chi connectivity index (χ0v) is 15.2. The molecule has 0 aliphatic heterocycles. The maximum absolute atomic E-state index is 12.3. The molecule has 9 heteroatoms. The predicted octanol–water partition coefficient (Wildman–Crippen LogP) is 3.03. The highest BCUT2D eigenvalue weighted by molar-refractivity contribution is 6.34. The molecule has 0 bridgehead atoms. The number of urea groups is 1. The van der Waals surface area contributed by atoms with Gasteiger partial charge in [-0.1, -0.05) is 24.4 Å². The van der Waals surface area contributed by atoms with Gasteiger partial charge >= 0.3 is 6.03 Å². The van der Waals surface area contributed by atoms with Crippen LogP contribution in [0.4, 0.5) is 10.5 Å². The second-order valence-electron chi connectivity index (χ2n) is 6.41. The van der Waals surface area contributed by atoms with Crippen LogP contribution in [0.3, 0.4) is 0 Å². The Balaban J connectivity index is 1.64. The van der Waals surface area contributed by atoms with Crippen molar-refractivity contribution in [2.45, 2.75) is 44.7 Å². The molecular formula is C17H21ClN6O2. The summed E-state index contributed by atoms with van der Waals surface area (Å²) >= 11 is 5.99. The third-order valence-electron chi connectivity index (χ3n) is 4.55. The first-order chi connectivity index (χ1) is 12.5. The van der Waals surface area contributed by atoms with Gasteiger partial charge in [0.2, 0.25) is 5.91 Å². The summed E-state index contributed by atoms with van der Waals surface area (Å²) in [5.74, 6) is 0.111. The molecular weight excluding hydrogens is 356 g/mol. The van der Waals surface area contributed by atoms with Crippen molar-refractivity contribution in [3.8, 4) is 0 Å². The van der Waals surface area contributed by atoms with E-state index in [0.29, 0.717) is 11.7 Å². The normalized spacial score (nSPS) is 15.6. The Bertz CT molecular complexity index is 815. The van der Waals surface area contributed by atoms with Crippen molar-refractivity contribution in [2.75, 3.05) is 5.32 Å². The standard InChI is InChI=1S/C17H21ClN6O2/c1-10(16-23-20-9-24(16)12-4-2-3-5-12)21-17(26)22-11-6-7-13(15(19)25)14(18)8-11/h6-10,12H,2-5H2,1H3,(H2,19,25)(H2,21,22,26)/t10-/m0/s1. The molecule has 1 fully saturated rings. The van der Waals surface area contributed by atoms with Crippen LogP contribution >= 0.6 is 11.6 Å². The van der Waals surface area contributed by atoms with Gasteiger partial charge in [-0.3, -0.25) is 4.79 Å². The highest BCUT2D eigenvalue weighted by atomic mass is 35.5. The number of rotatable bonds is 5. The number of nitrogens with two attached hydrogens (primary N) is 1. The summed E-state index contributed by atoms with van der Waals surface area (Å²) < 4.78 is 2.05. The molecule has 0 saturated heterocycles. The lowest BCUT2D eigenvalue weighted by atomic mass is 10.2. The number of carbonyl (C=O) groups is 2. The van der Waals surface area contributed by atoms with E-state index in [1.807, 2.05) is 6.92 Å². The summed E-state index contributed by atoms with van der Waals surface area (Å²) in [5, 5.41) is 13.9. The Morgan fingerprint density at radius 2 is 2.08 bits per heavy atom. The van der Waals surface area contributed by atoms with Crippen LogP contribution < -0.4 is 16.4 Å². The minimum atomic E-state index is -0.620. The summed E-state index contributed by atoms with van der Waals surface area (Å²) in [6, 6.07) is 4.21. The summed E-state index contributed by atoms with van der Waals surface area (Å²) in [7, 11) is 0. The summed E-state index contributed by atoms with van der Waals surface area (Å²) in [6.45, 7) is 1.86. The largest absolute Gasteiger partial charge is 0.366 e. The van der Waals surface area contributed by atoms with Crippen LogP contribution in [-0.2, 0) is 0 Å². The third-order valence-corrected chi connectivity index (χ3v) is 4.86. The van der Waals surface area contributed by atoms with Gasteiger partial charge < -0.3 is 20.9 Å². The maximum Gasteiger partial charge on any atom is 0.319 e. The second kappa shape index (κ2) is 7.74. The van der Waals surface area contributed by atoms with E-state index in [2.05, 4.69) is 25.4 Å². The van der Waals surface area contributed by atoms with E-state index in [4.69, 9.17) is 17.3 Å². The quantitative estimate of drug-likeness (QED) is 0.743. The van der Waals surface area contributed by atoms with E-state index in [9.17, 15) is 9.59 Å². The monoisotopic (exact) mass is 376 g/mol. The van der Waals surface area contributed by atoms with Gasteiger partial charge in [-0.05, 0) is 38.0 Å². The summed E-state index contributed by atoms with van der Waals surface area (Å²) in [6.07, 6.45) is 6.34. The first-order valence-electron chi connectivity index (χ1n) is 8.52. The van der Waals surface area contributed by atoms with E-state index in [1.165, 1.54) is 25.0 Å². The molecule has 1 heterocycles. The van der Waals surface area contributed by atoms with E-state index in [0.717, 1.165) is 18.7 Å². The van der Waals surface area contributed by atoms with Crippen molar-refractivity contribution in [1.82, 2.24) is 20.1 Å². The number of aromatic nitrogens is 3. The van der Waals surface area contributed by atoms with Crippen molar-refractivity contribution in [3.63, 3.8) is 0 Å². The number of amides is 3. The Hall–Kier alpha value is -2.61. The van der Waals surface area contributed by atoms with E-state index in [1.54, 1.807) is 12.4 Å². The van der Waals surface area contributed by atoms with Gasteiger partial charge in [-0.25, -0.2) is 4.79 Å². The Labute approximate surface area is 156 Å². The van der Waals surface area contributed by atoms with Gasteiger partial charge in [0.1, 0.15) is 6.33 Å². The lowest BCUT2D eigenvalue weighted by Crippen LogP contribution is -2.33. The average Bonchev–Trinajstić information content (AvgIpc) is 3.25. The molecule has 1 atom stereocenters. The van der Waals surface area contributed by atoms with Gasteiger partial charge in [0.05, 0.1) is 16.6 Å². The first-order valence-corrected chi connectivity index (χ1v) is 8.89. The Morgan fingerprint density at radius 1 is 1.35 bits per heavy atom. The minimum absolute atomic E-state index is 0.185. The van der Waals surface area contributed by atoms with Crippen LogP contribution in [0.2, 0.25) is 5.02 Å².